The number of carbonyl (C=O) groups is 1. The molecule has 1 aromatic rings. The van der Waals surface area contributed by atoms with Crippen LogP contribution in [0.1, 0.15) is 5.56 Å². The summed E-state index contributed by atoms with van der Waals surface area (Å²) >= 11 is 0. The molecule has 17 heavy (non-hydrogen) atoms. The summed E-state index contributed by atoms with van der Waals surface area (Å²) in [5, 5.41) is 2.08. The Morgan fingerprint density at radius 3 is 2.59 bits per heavy atom. The molecular weight excluding hydrogens is 242 g/mol. The highest BCUT2D eigenvalue weighted by molar-refractivity contribution is 5.85. The minimum Gasteiger partial charge on any atom is -0.440 e. The van der Waals surface area contributed by atoms with Crippen LogP contribution in [0.2, 0.25) is 0 Å². The molecule has 0 aliphatic rings. The fourth-order valence-electron chi connectivity index (χ4n) is 1.06. The summed E-state index contributed by atoms with van der Waals surface area (Å²) < 4.78 is 51.8. The number of alkyl halides is 3. The number of rotatable bonds is 2. The van der Waals surface area contributed by atoms with Crippen LogP contribution in [0.25, 0.3) is 0 Å². The van der Waals surface area contributed by atoms with Crippen molar-refractivity contribution in [2.24, 2.45) is 0 Å². The first kappa shape index (κ1) is 13.3. The first-order valence-electron chi connectivity index (χ1n) is 4.54. The molecule has 0 spiro atoms. The van der Waals surface area contributed by atoms with E-state index in [-0.39, 0.29) is 5.69 Å². The third kappa shape index (κ3) is 4.71. The molecule has 0 aliphatic heterocycles. The fourth-order valence-corrected chi connectivity index (χ4v) is 1.06. The molecule has 0 atom stereocenters. The molecule has 0 aromatic heterocycles. The quantitative estimate of drug-likeness (QED) is 0.819. The SMILES string of the molecule is Cc1cc(F)ccc1NC(=O)OCC(F)(F)F. The number of benzene rings is 1. The summed E-state index contributed by atoms with van der Waals surface area (Å²) in [6.07, 6.45) is -5.81. The average molecular weight is 251 g/mol. The second-order valence-corrected chi connectivity index (χ2v) is 3.28. The lowest BCUT2D eigenvalue weighted by atomic mass is 10.2. The molecule has 0 radical (unpaired) electrons. The van der Waals surface area contributed by atoms with E-state index in [1.807, 2.05) is 0 Å². The van der Waals surface area contributed by atoms with Crippen molar-refractivity contribution < 1.29 is 27.1 Å². The summed E-state index contributed by atoms with van der Waals surface area (Å²) in [5.41, 5.74) is 0.576. The number of aryl methyl sites for hydroxylation is 1. The van der Waals surface area contributed by atoms with E-state index in [0.717, 1.165) is 12.1 Å². The van der Waals surface area contributed by atoms with Crippen molar-refractivity contribution in [3.63, 3.8) is 0 Å². The van der Waals surface area contributed by atoms with Gasteiger partial charge in [-0.25, -0.2) is 9.18 Å². The zero-order valence-corrected chi connectivity index (χ0v) is 8.77. The smallest absolute Gasteiger partial charge is 0.422 e. The van der Waals surface area contributed by atoms with Crippen LogP contribution in [0.5, 0.6) is 0 Å². The number of amides is 1. The Kier molecular flexibility index (Phi) is 3.93. The van der Waals surface area contributed by atoms with Crippen LogP contribution in [0.15, 0.2) is 18.2 Å². The van der Waals surface area contributed by atoms with Gasteiger partial charge in [0.25, 0.3) is 0 Å². The lowest BCUT2D eigenvalue weighted by Gasteiger charge is -2.10. The summed E-state index contributed by atoms with van der Waals surface area (Å²) in [6, 6.07) is 3.45. The van der Waals surface area contributed by atoms with E-state index < -0.39 is 24.7 Å². The highest BCUT2D eigenvalue weighted by Crippen LogP contribution is 2.17. The van der Waals surface area contributed by atoms with Crippen molar-refractivity contribution in [1.82, 2.24) is 0 Å². The van der Waals surface area contributed by atoms with Crippen LogP contribution in [-0.2, 0) is 4.74 Å². The number of hydrogen-bond donors (Lipinski definition) is 1. The second-order valence-electron chi connectivity index (χ2n) is 3.28. The Bertz CT molecular complexity index is 417. The number of carbonyl (C=O) groups excluding carboxylic acids is 1. The molecule has 0 heterocycles. The lowest BCUT2D eigenvalue weighted by molar-refractivity contribution is -0.159. The monoisotopic (exact) mass is 251 g/mol. The van der Waals surface area contributed by atoms with E-state index in [1.165, 1.54) is 13.0 Å². The lowest BCUT2D eigenvalue weighted by Crippen LogP contribution is -2.23. The van der Waals surface area contributed by atoms with Crippen molar-refractivity contribution in [2.45, 2.75) is 13.1 Å². The van der Waals surface area contributed by atoms with Gasteiger partial charge in [-0.1, -0.05) is 0 Å². The summed E-state index contributed by atoms with van der Waals surface area (Å²) in [7, 11) is 0. The highest BCUT2D eigenvalue weighted by atomic mass is 19.4. The van der Waals surface area contributed by atoms with Crippen LogP contribution in [0.4, 0.5) is 28.0 Å². The van der Waals surface area contributed by atoms with Crippen LogP contribution >= 0.6 is 0 Å². The van der Waals surface area contributed by atoms with Gasteiger partial charge in [-0.05, 0) is 30.7 Å². The zero-order chi connectivity index (χ0) is 13.1. The number of anilines is 1. The van der Waals surface area contributed by atoms with E-state index in [1.54, 1.807) is 0 Å². The first-order valence-corrected chi connectivity index (χ1v) is 4.54. The summed E-state index contributed by atoms with van der Waals surface area (Å²) in [5.74, 6) is -0.503. The van der Waals surface area contributed by atoms with Gasteiger partial charge in [0.1, 0.15) is 5.82 Å². The molecule has 0 fully saturated rings. The predicted octanol–water partition coefficient (Wildman–Crippen LogP) is 3.24. The van der Waals surface area contributed by atoms with E-state index in [9.17, 15) is 22.4 Å². The molecule has 0 bridgehead atoms. The van der Waals surface area contributed by atoms with Crippen molar-refractivity contribution in [3.8, 4) is 0 Å². The van der Waals surface area contributed by atoms with Crippen LogP contribution in [0.3, 0.4) is 0 Å². The van der Waals surface area contributed by atoms with Gasteiger partial charge < -0.3 is 4.74 Å². The molecule has 1 N–H and O–H groups in total. The molecule has 0 saturated heterocycles. The average Bonchev–Trinajstić information content (AvgIpc) is 2.18. The van der Waals surface area contributed by atoms with Gasteiger partial charge in [-0.3, -0.25) is 5.32 Å². The Labute approximate surface area is 94.4 Å². The van der Waals surface area contributed by atoms with Crippen molar-refractivity contribution in [1.29, 1.82) is 0 Å². The molecule has 1 rings (SSSR count). The van der Waals surface area contributed by atoms with Gasteiger partial charge in [0, 0.05) is 5.69 Å². The number of hydrogen-bond acceptors (Lipinski definition) is 2. The molecule has 1 aromatic carbocycles. The van der Waals surface area contributed by atoms with Crippen molar-refractivity contribution in [3.05, 3.63) is 29.6 Å². The van der Waals surface area contributed by atoms with E-state index in [2.05, 4.69) is 10.1 Å². The van der Waals surface area contributed by atoms with Gasteiger partial charge in [0.05, 0.1) is 0 Å². The molecule has 1 amide bonds. The molecule has 0 aliphatic carbocycles. The van der Waals surface area contributed by atoms with Crippen LogP contribution < -0.4 is 5.32 Å². The van der Waals surface area contributed by atoms with Crippen LogP contribution in [-0.4, -0.2) is 18.9 Å². The van der Waals surface area contributed by atoms with Gasteiger partial charge in [-0.15, -0.1) is 0 Å². The molecule has 0 saturated carbocycles. The van der Waals surface area contributed by atoms with Gasteiger partial charge in [-0.2, -0.15) is 13.2 Å². The first-order chi connectivity index (χ1) is 7.78. The minimum absolute atomic E-state index is 0.193. The summed E-state index contributed by atoms with van der Waals surface area (Å²) in [6.45, 7) is -0.165. The Morgan fingerprint density at radius 1 is 1.41 bits per heavy atom. The third-order valence-corrected chi connectivity index (χ3v) is 1.79. The number of ether oxygens (including phenoxy) is 1. The van der Waals surface area contributed by atoms with E-state index >= 15 is 0 Å². The normalized spacial score (nSPS) is 11.1. The fraction of sp³-hybridized carbons (Fsp3) is 0.300. The Hall–Kier alpha value is -1.79. The van der Waals surface area contributed by atoms with Gasteiger partial charge >= 0.3 is 12.3 Å². The van der Waals surface area contributed by atoms with Gasteiger partial charge in [0.15, 0.2) is 6.61 Å². The summed E-state index contributed by atoms with van der Waals surface area (Å²) in [4.78, 5) is 11.0. The number of nitrogens with one attached hydrogen (secondary N) is 1. The van der Waals surface area contributed by atoms with Crippen molar-refractivity contribution in [2.75, 3.05) is 11.9 Å². The number of halogens is 4. The molecular formula is C10H9F4NO2. The zero-order valence-electron chi connectivity index (χ0n) is 8.77. The minimum atomic E-state index is -4.57. The largest absolute Gasteiger partial charge is 0.440 e. The standard InChI is InChI=1S/C10H9F4NO2/c1-6-4-7(11)2-3-8(6)15-9(16)17-5-10(12,13)14/h2-4H,5H2,1H3,(H,15,16). The highest BCUT2D eigenvalue weighted by Gasteiger charge is 2.29. The van der Waals surface area contributed by atoms with Crippen molar-refractivity contribution >= 4 is 11.8 Å². The third-order valence-electron chi connectivity index (χ3n) is 1.79. The van der Waals surface area contributed by atoms with E-state index in [0.29, 0.717) is 5.56 Å². The van der Waals surface area contributed by atoms with E-state index in [4.69, 9.17) is 0 Å². The molecule has 0 unspecified atom stereocenters. The Balaban J connectivity index is 2.57. The maximum atomic E-state index is 12.7. The molecule has 3 nitrogen and oxygen atoms in total. The predicted molar refractivity (Wildman–Crippen MR) is 52.2 cm³/mol. The Morgan fingerprint density at radius 2 is 2.06 bits per heavy atom. The van der Waals surface area contributed by atoms with Gasteiger partial charge in [0.2, 0.25) is 0 Å². The second kappa shape index (κ2) is 5.03. The van der Waals surface area contributed by atoms with Crippen LogP contribution in [0, 0.1) is 12.7 Å². The maximum absolute atomic E-state index is 12.7. The maximum Gasteiger partial charge on any atom is 0.422 e. The topological polar surface area (TPSA) is 38.3 Å². The molecule has 94 valence electrons. The molecule has 7 heteroatoms.